The number of sulfonamides is 1. The molecule has 0 atom stereocenters. The molecule has 1 heterocycles. The molecule has 0 saturated carbocycles. The molecule has 0 radical (unpaired) electrons. The standard InChI is InChI=1S/C15H14F3N3O4S/c1-21-7-3-6-12(14(21)23)20-26(24,25)11-5-2-4-10(8-11)13(22)19-9-15(16,17)18/h2-8,20H,9H2,1H3,(H,19,22). The second-order valence-electron chi connectivity index (χ2n) is 5.27. The van der Waals surface area contributed by atoms with Gasteiger partial charge in [0.05, 0.1) is 4.90 Å². The van der Waals surface area contributed by atoms with Crippen LogP contribution in [-0.2, 0) is 17.1 Å². The molecular weight excluding hydrogens is 375 g/mol. The van der Waals surface area contributed by atoms with Crippen LogP contribution in [0.2, 0.25) is 0 Å². The van der Waals surface area contributed by atoms with Gasteiger partial charge in [0.15, 0.2) is 0 Å². The summed E-state index contributed by atoms with van der Waals surface area (Å²) in [5, 5.41) is 1.65. The number of aromatic nitrogens is 1. The summed E-state index contributed by atoms with van der Waals surface area (Å²) in [5.74, 6) is -1.07. The third-order valence-electron chi connectivity index (χ3n) is 3.22. The minimum absolute atomic E-state index is 0.207. The second kappa shape index (κ2) is 7.20. The predicted molar refractivity (Wildman–Crippen MR) is 87.3 cm³/mol. The fourth-order valence-electron chi connectivity index (χ4n) is 1.97. The van der Waals surface area contributed by atoms with Gasteiger partial charge in [-0.2, -0.15) is 13.2 Å². The van der Waals surface area contributed by atoms with E-state index < -0.39 is 34.2 Å². The average molecular weight is 389 g/mol. The summed E-state index contributed by atoms with van der Waals surface area (Å²) in [6.45, 7) is -1.54. The smallest absolute Gasteiger partial charge is 0.343 e. The van der Waals surface area contributed by atoms with Gasteiger partial charge in [0.2, 0.25) is 0 Å². The molecular formula is C15H14F3N3O4S. The number of hydrogen-bond donors (Lipinski definition) is 2. The Morgan fingerprint density at radius 2 is 1.88 bits per heavy atom. The first-order chi connectivity index (χ1) is 12.0. The normalized spacial score (nSPS) is 11.8. The van der Waals surface area contributed by atoms with Gasteiger partial charge in [-0.05, 0) is 30.3 Å². The number of benzene rings is 1. The van der Waals surface area contributed by atoms with Crippen molar-refractivity contribution in [3.63, 3.8) is 0 Å². The molecule has 0 fully saturated rings. The molecule has 0 aliphatic heterocycles. The van der Waals surface area contributed by atoms with E-state index in [1.807, 2.05) is 0 Å². The van der Waals surface area contributed by atoms with Gasteiger partial charge >= 0.3 is 6.18 Å². The lowest BCUT2D eigenvalue weighted by Crippen LogP contribution is -2.33. The van der Waals surface area contributed by atoms with E-state index >= 15 is 0 Å². The number of pyridine rings is 1. The van der Waals surface area contributed by atoms with Crippen molar-refractivity contribution in [1.29, 1.82) is 0 Å². The molecule has 26 heavy (non-hydrogen) atoms. The number of rotatable bonds is 5. The van der Waals surface area contributed by atoms with Crippen molar-refractivity contribution in [3.8, 4) is 0 Å². The first-order valence-corrected chi connectivity index (χ1v) is 8.61. The van der Waals surface area contributed by atoms with Gasteiger partial charge in [-0.25, -0.2) is 8.42 Å². The van der Waals surface area contributed by atoms with Crippen molar-refractivity contribution in [2.75, 3.05) is 11.3 Å². The first-order valence-electron chi connectivity index (χ1n) is 7.13. The lowest BCUT2D eigenvalue weighted by atomic mass is 10.2. The van der Waals surface area contributed by atoms with Crippen LogP contribution < -0.4 is 15.6 Å². The quantitative estimate of drug-likeness (QED) is 0.810. The topological polar surface area (TPSA) is 97.3 Å². The Balaban J connectivity index is 2.26. The van der Waals surface area contributed by atoms with Crippen LogP contribution in [0.25, 0.3) is 0 Å². The van der Waals surface area contributed by atoms with Crippen LogP contribution in [0, 0.1) is 0 Å². The number of nitrogens with one attached hydrogen (secondary N) is 2. The average Bonchev–Trinajstić information content (AvgIpc) is 2.56. The molecule has 0 spiro atoms. The van der Waals surface area contributed by atoms with E-state index in [1.54, 1.807) is 5.32 Å². The Hall–Kier alpha value is -2.82. The Morgan fingerprint density at radius 3 is 2.54 bits per heavy atom. The zero-order valence-corrected chi connectivity index (χ0v) is 14.2. The number of nitrogens with zero attached hydrogens (tertiary/aromatic N) is 1. The van der Waals surface area contributed by atoms with E-state index in [0.717, 1.165) is 12.1 Å². The number of halogens is 3. The first kappa shape index (κ1) is 19.5. The van der Waals surface area contributed by atoms with Crippen molar-refractivity contribution in [1.82, 2.24) is 9.88 Å². The molecule has 0 aliphatic rings. The number of amides is 1. The molecule has 0 aliphatic carbocycles. The SMILES string of the molecule is Cn1cccc(NS(=O)(=O)c2cccc(C(=O)NCC(F)(F)F)c2)c1=O. The Labute approximate surface area is 146 Å². The van der Waals surface area contributed by atoms with Gasteiger partial charge in [0.25, 0.3) is 21.5 Å². The molecule has 2 rings (SSSR count). The van der Waals surface area contributed by atoms with Crippen molar-refractivity contribution >= 4 is 21.6 Å². The Morgan fingerprint density at radius 1 is 1.19 bits per heavy atom. The molecule has 1 aromatic heterocycles. The maximum atomic E-state index is 12.4. The number of anilines is 1. The highest BCUT2D eigenvalue weighted by Crippen LogP contribution is 2.16. The molecule has 7 nitrogen and oxygen atoms in total. The van der Waals surface area contributed by atoms with Crippen LogP contribution in [0.1, 0.15) is 10.4 Å². The van der Waals surface area contributed by atoms with Crippen molar-refractivity contribution < 1.29 is 26.4 Å². The Bertz CT molecular complexity index is 984. The highest BCUT2D eigenvalue weighted by Gasteiger charge is 2.28. The monoisotopic (exact) mass is 389 g/mol. The van der Waals surface area contributed by atoms with Crippen molar-refractivity contribution in [2.24, 2.45) is 7.05 Å². The summed E-state index contributed by atoms with van der Waals surface area (Å²) in [6.07, 6.45) is -3.15. The zero-order valence-electron chi connectivity index (χ0n) is 13.4. The van der Waals surface area contributed by atoms with Crippen LogP contribution in [0.15, 0.2) is 52.3 Å². The van der Waals surface area contributed by atoms with Gasteiger partial charge in [-0.15, -0.1) is 0 Å². The number of alkyl halides is 3. The predicted octanol–water partition coefficient (Wildman–Crippen LogP) is 1.48. The number of carbonyl (C=O) groups excluding carboxylic acids is 1. The molecule has 0 unspecified atom stereocenters. The van der Waals surface area contributed by atoms with E-state index in [4.69, 9.17) is 0 Å². The fraction of sp³-hybridized carbons (Fsp3) is 0.200. The summed E-state index contributed by atoms with van der Waals surface area (Å²) in [5.41, 5.74) is -1.06. The van der Waals surface area contributed by atoms with E-state index in [1.165, 1.54) is 42.1 Å². The van der Waals surface area contributed by atoms with E-state index in [2.05, 4.69) is 4.72 Å². The highest BCUT2D eigenvalue weighted by atomic mass is 32.2. The second-order valence-corrected chi connectivity index (χ2v) is 6.95. The summed E-state index contributed by atoms with van der Waals surface area (Å²) < 4.78 is 64.5. The van der Waals surface area contributed by atoms with Crippen molar-refractivity contribution in [3.05, 3.63) is 58.5 Å². The number of carbonyl (C=O) groups is 1. The van der Waals surface area contributed by atoms with Gasteiger partial charge in [0.1, 0.15) is 12.2 Å². The molecule has 1 aromatic carbocycles. The minimum atomic E-state index is -4.59. The fourth-order valence-corrected chi connectivity index (χ4v) is 3.07. The maximum absolute atomic E-state index is 12.4. The van der Waals surface area contributed by atoms with E-state index in [-0.39, 0.29) is 16.1 Å². The third kappa shape index (κ3) is 4.85. The maximum Gasteiger partial charge on any atom is 0.405 e. The largest absolute Gasteiger partial charge is 0.405 e. The van der Waals surface area contributed by atoms with Gasteiger partial charge in [-0.1, -0.05) is 6.07 Å². The van der Waals surface area contributed by atoms with Crippen molar-refractivity contribution in [2.45, 2.75) is 11.1 Å². The lowest BCUT2D eigenvalue weighted by Gasteiger charge is -2.11. The van der Waals surface area contributed by atoms with Crippen LogP contribution in [0.3, 0.4) is 0 Å². The molecule has 2 N–H and O–H groups in total. The molecule has 11 heteroatoms. The third-order valence-corrected chi connectivity index (χ3v) is 4.59. The van der Waals surface area contributed by atoms with E-state index in [9.17, 15) is 31.2 Å². The zero-order chi connectivity index (χ0) is 19.5. The minimum Gasteiger partial charge on any atom is -0.343 e. The number of aryl methyl sites for hydroxylation is 1. The van der Waals surface area contributed by atoms with Crippen LogP contribution in [-0.4, -0.2) is 31.6 Å². The summed E-state index contributed by atoms with van der Waals surface area (Å²) in [7, 11) is -2.78. The van der Waals surface area contributed by atoms with Gasteiger partial charge < -0.3 is 9.88 Å². The van der Waals surface area contributed by atoms with Crippen LogP contribution in [0.4, 0.5) is 18.9 Å². The molecule has 0 saturated heterocycles. The van der Waals surface area contributed by atoms with E-state index in [0.29, 0.717) is 0 Å². The molecule has 1 amide bonds. The Kier molecular flexibility index (Phi) is 5.40. The van der Waals surface area contributed by atoms with Crippen LogP contribution in [0.5, 0.6) is 0 Å². The lowest BCUT2D eigenvalue weighted by molar-refractivity contribution is -0.123. The van der Waals surface area contributed by atoms with Gasteiger partial charge in [0, 0.05) is 18.8 Å². The summed E-state index contributed by atoms with van der Waals surface area (Å²) >= 11 is 0. The highest BCUT2D eigenvalue weighted by molar-refractivity contribution is 7.92. The van der Waals surface area contributed by atoms with Gasteiger partial charge in [-0.3, -0.25) is 14.3 Å². The van der Waals surface area contributed by atoms with Crippen LogP contribution >= 0.6 is 0 Å². The molecule has 2 aromatic rings. The number of hydrogen-bond acceptors (Lipinski definition) is 4. The molecule has 140 valence electrons. The molecule has 0 bridgehead atoms. The summed E-state index contributed by atoms with van der Waals surface area (Å²) in [6, 6.07) is 7.17. The summed E-state index contributed by atoms with van der Waals surface area (Å²) in [4.78, 5) is 23.3.